The van der Waals surface area contributed by atoms with E-state index >= 15 is 0 Å². The van der Waals surface area contributed by atoms with E-state index in [4.69, 9.17) is 18.9 Å². The molecule has 1 atom stereocenters. The second-order valence-electron chi connectivity index (χ2n) is 8.47. The molecule has 0 amide bonds. The summed E-state index contributed by atoms with van der Waals surface area (Å²) < 4.78 is 20.7. The van der Waals surface area contributed by atoms with E-state index in [0.717, 1.165) is 28.4 Å². The highest BCUT2D eigenvalue weighted by molar-refractivity contribution is 7.97. The predicted molar refractivity (Wildman–Crippen MR) is 148 cm³/mol. The first kappa shape index (κ1) is 27.8. The molecule has 200 valence electrons. The van der Waals surface area contributed by atoms with Crippen LogP contribution < -0.4 is 15.9 Å². The van der Waals surface area contributed by atoms with Crippen LogP contribution in [0.15, 0.2) is 102 Å². The lowest BCUT2D eigenvalue weighted by Gasteiger charge is -2.32. The van der Waals surface area contributed by atoms with E-state index in [2.05, 4.69) is 0 Å². The summed E-state index contributed by atoms with van der Waals surface area (Å²) in [6.07, 6.45) is 0. The summed E-state index contributed by atoms with van der Waals surface area (Å²) >= 11 is 0. The van der Waals surface area contributed by atoms with E-state index in [1.54, 1.807) is 0 Å². The Bertz CT molecular complexity index is 1410. The van der Waals surface area contributed by atoms with Crippen molar-refractivity contribution in [1.29, 1.82) is 0 Å². The molecule has 1 aliphatic carbocycles. The summed E-state index contributed by atoms with van der Waals surface area (Å²) in [7, 11) is 4.38. The van der Waals surface area contributed by atoms with Crippen molar-refractivity contribution in [2.45, 2.75) is 5.60 Å². The number of hydrogen-bond donors (Lipinski definition) is 0. The van der Waals surface area contributed by atoms with Gasteiger partial charge in [-0.15, -0.1) is 0 Å². The predicted octanol–water partition coefficient (Wildman–Crippen LogP) is 1.94. The summed E-state index contributed by atoms with van der Waals surface area (Å²) in [4.78, 5) is 55.1. The van der Waals surface area contributed by atoms with E-state index in [0.29, 0.717) is 15.9 Å². The highest BCUT2D eigenvalue weighted by atomic mass is 31.2. The molecule has 0 aromatic heterocycles. The lowest BCUT2D eigenvalue weighted by Crippen LogP contribution is -2.52. The van der Waals surface area contributed by atoms with Crippen molar-refractivity contribution in [2.24, 2.45) is 0 Å². The molecular weight excluding hydrogens is 519 g/mol. The number of ketones is 1. The average Bonchev–Trinajstić information content (AvgIpc) is 3.27. The maximum atomic E-state index is 14.8. The van der Waals surface area contributed by atoms with Crippen molar-refractivity contribution < 1.29 is 38.1 Å². The van der Waals surface area contributed by atoms with Gasteiger partial charge in [0.1, 0.15) is 5.57 Å². The Kier molecular flexibility index (Phi) is 8.00. The van der Waals surface area contributed by atoms with Crippen LogP contribution in [0.2, 0.25) is 0 Å². The van der Waals surface area contributed by atoms with Crippen molar-refractivity contribution in [3.05, 3.63) is 102 Å². The number of methoxy groups -OCH3 is 4. The third kappa shape index (κ3) is 4.13. The third-order valence-corrected chi connectivity index (χ3v) is 11.0. The second kappa shape index (κ2) is 11.2. The lowest BCUT2D eigenvalue weighted by atomic mass is 9.93. The van der Waals surface area contributed by atoms with Crippen LogP contribution in [-0.4, -0.2) is 63.0 Å². The van der Waals surface area contributed by atoms with Gasteiger partial charge in [0.2, 0.25) is 5.78 Å². The smallest absolute Gasteiger partial charge is 0.351 e. The SMILES string of the molecule is COC(=O)C1=C(C(=O)OC)[C@@](OC)(C(=O)OC)C(=O)C1=P(c1ccccc1)(c1ccccc1)c1ccccc1. The molecule has 0 unspecified atom stereocenters. The van der Waals surface area contributed by atoms with Gasteiger partial charge in [0.05, 0.1) is 26.9 Å². The highest BCUT2D eigenvalue weighted by Gasteiger charge is 2.64. The zero-order valence-corrected chi connectivity index (χ0v) is 22.8. The molecule has 0 bridgehead atoms. The lowest BCUT2D eigenvalue weighted by molar-refractivity contribution is -0.167. The van der Waals surface area contributed by atoms with Crippen LogP contribution in [0.25, 0.3) is 0 Å². The van der Waals surface area contributed by atoms with Crippen molar-refractivity contribution in [2.75, 3.05) is 28.4 Å². The van der Waals surface area contributed by atoms with Gasteiger partial charge in [-0.2, -0.15) is 0 Å². The normalized spacial score (nSPS) is 17.1. The van der Waals surface area contributed by atoms with Crippen LogP contribution in [0.4, 0.5) is 0 Å². The fourth-order valence-corrected chi connectivity index (χ4v) is 9.59. The van der Waals surface area contributed by atoms with Crippen molar-refractivity contribution >= 4 is 51.8 Å². The van der Waals surface area contributed by atoms with Crippen LogP contribution >= 0.6 is 6.89 Å². The van der Waals surface area contributed by atoms with E-state index in [9.17, 15) is 19.2 Å². The first-order chi connectivity index (χ1) is 18.9. The van der Waals surface area contributed by atoms with Gasteiger partial charge in [-0.25, -0.2) is 14.4 Å². The number of esters is 3. The molecule has 0 N–H and O–H groups in total. The Hall–Kier alpha value is -4.26. The van der Waals surface area contributed by atoms with Gasteiger partial charge in [0.25, 0.3) is 5.60 Å². The molecule has 1 aliphatic rings. The Labute approximate surface area is 226 Å². The Morgan fingerprint density at radius 1 is 0.615 bits per heavy atom. The van der Waals surface area contributed by atoms with Gasteiger partial charge < -0.3 is 18.9 Å². The van der Waals surface area contributed by atoms with Crippen molar-refractivity contribution in [3.63, 3.8) is 0 Å². The van der Waals surface area contributed by atoms with Crippen LogP contribution in [-0.2, 0) is 38.1 Å². The average molecular weight is 547 g/mol. The number of ether oxygens (including phenoxy) is 4. The summed E-state index contributed by atoms with van der Waals surface area (Å²) in [5.41, 5.74) is -3.56. The standard InChI is InChI=1S/C30H27O8P/c1-35-27(32)23-24(28(33)36-2)30(38-4,29(34)37-3)26(31)25(23)39(20-14-8-5-9-15-20,21-16-10-6-11-17-21)22-18-12-7-13-19-22/h5-19H,1-4H3/t30-/m0/s1. The molecule has 0 fully saturated rings. The molecule has 3 aromatic carbocycles. The second-order valence-corrected chi connectivity index (χ2v) is 11.8. The molecule has 0 saturated carbocycles. The van der Waals surface area contributed by atoms with Gasteiger partial charge in [-0.3, -0.25) is 4.79 Å². The molecular formula is C30H27O8P. The molecule has 8 nitrogen and oxygen atoms in total. The first-order valence-corrected chi connectivity index (χ1v) is 13.7. The number of carbonyl (C=O) groups excluding carboxylic acids is 4. The van der Waals surface area contributed by atoms with Gasteiger partial charge in [-0.05, 0) is 22.8 Å². The van der Waals surface area contributed by atoms with Crippen molar-refractivity contribution in [3.8, 4) is 0 Å². The largest absolute Gasteiger partial charge is 0.466 e. The number of rotatable bonds is 7. The molecule has 9 heteroatoms. The highest BCUT2D eigenvalue weighted by Crippen LogP contribution is 2.52. The fourth-order valence-electron chi connectivity index (χ4n) is 5.06. The molecule has 4 rings (SSSR count). The van der Waals surface area contributed by atoms with Crippen molar-refractivity contribution in [1.82, 2.24) is 0 Å². The monoisotopic (exact) mass is 546 g/mol. The van der Waals surface area contributed by atoms with E-state index in [1.165, 1.54) is 0 Å². The van der Waals surface area contributed by atoms with E-state index in [-0.39, 0.29) is 10.9 Å². The van der Waals surface area contributed by atoms with Crippen LogP contribution in [0.1, 0.15) is 0 Å². The quantitative estimate of drug-likeness (QED) is 0.192. The zero-order chi connectivity index (χ0) is 28.2. The van der Waals surface area contributed by atoms with Gasteiger partial charge in [0.15, 0.2) is 0 Å². The molecule has 0 spiro atoms. The maximum absolute atomic E-state index is 14.8. The fraction of sp³-hybridized carbons (Fsp3) is 0.167. The maximum Gasteiger partial charge on any atom is 0.351 e. The molecule has 3 aromatic rings. The summed E-state index contributed by atoms with van der Waals surface area (Å²) in [6, 6.07) is 27.5. The molecule has 0 radical (unpaired) electrons. The molecule has 0 aliphatic heterocycles. The Morgan fingerprint density at radius 3 is 1.36 bits per heavy atom. The topological polar surface area (TPSA) is 105 Å². The number of carbonyl (C=O) groups is 4. The van der Waals surface area contributed by atoms with Gasteiger partial charge in [0, 0.05) is 12.4 Å². The molecule has 0 saturated heterocycles. The van der Waals surface area contributed by atoms with E-state index in [1.807, 2.05) is 91.0 Å². The number of hydrogen-bond acceptors (Lipinski definition) is 8. The Balaban J connectivity index is 2.44. The van der Waals surface area contributed by atoms with Crippen LogP contribution in [0.3, 0.4) is 0 Å². The number of benzene rings is 3. The minimum Gasteiger partial charge on any atom is -0.466 e. The molecule has 39 heavy (non-hydrogen) atoms. The van der Waals surface area contributed by atoms with E-state index < -0.39 is 41.8 Å². The summed E-state index contributed by atoms with van der Waals surface area (Å²) in [6.45, 7) is -3.30. The number of Topliss-reactive ketones (excluding diaryl/α,β-unsaturated/α-hetero) is 1. The van der Waals surface area contributed by atoms with Crippen LogP contribution in [0, 0.1) is 0 Å². The molecule has 0 heterocycles. The van der Waals surface area contributed by atoms with Gasteiger partial charge >= 0.3 is 17.9 Å². The minimum absolute atomic E-state index is 0.0781. The summed E-state index contributed by atoms with van der Waals surface area (Å²) in [5.74, 6) is -4.16. The first-order valence-electron chi connectivity index (χ1n) is 11.9. The Morgan fingerprint density at radius 2 is 1.03 bits per heavy atom. The minimum atomic E-state index is -3.30. The zero-order valence-electron chi connectivity index (χ0n) is 21.9. The summed E-state index contributed by atoms with van der Waals surface area (Å²) in [5, 5.41) is 2.03. The van der Waals surface area contributed by atoms with Gasteiger partial charge in [-0.1, -0.05) is 91.0 Å². The van der Waals surface area contributed by atoms with Crippen LogP contribution in [0.5, 0.6) is 0 Å². The third-order valence-electron chi connectivity index (χ3n) is 6.70.